The fourth-order valence-electron chi connectivity index (χ4n) is 1.83. The molecule has 1 unspecified atom stereocenters. The first-order chi connectivity index (χ1) is 8.93. The smallest absolute Gasteiger partial charge is 0.333 e. The van der Waals surface area contributed by atoms with Crippen molar-refractivity contribution in [3.63, 3.8) is 0 Å². The molecule has 0 fully saturated rings. The van der Waals surface area contributed by atoms with Crippen molar-refractivity contribution in [1.29, 1.82) is 0 Å². The standard InChI is InChI=1S/C13H15NO4S/c1-4-6-10-8-11(13(15)16)9(3)14(19(17)18)12(10)7-5-2/h4-9H,1-2H2,3H3,(H,15,16)(H,17,18)/b10-6-,12-7+/t9-/m1/s1. The van der Waals surface area contributed by atoms with Crippen molar-refractivity contribution in [3.8, 4) is 0 Å². The van der Waals surface area contributed by atoms with Gasteiger partial charge in [-0.1, -0.05) is 31.4 Å². The van der Waals surface area contributed by atoms with Crippen LogP contribution in [0.15, 0.2) is 60.4 Å². The minimum Gasteiger partial charge on any atom is -0.478 e. The summed E-state index contributed by atoms with van der Waals surface area (Å²) in [6.07, 6.45) is 7.54. The average Bonchev–Trinajstić information content (AvgIpc) is 2.32. The van der Waals surface area contributed by atoms with Crippen LogP contribution in [0.5, 0.6) is 0 Å². The summed E-state index contributed by atoms with van der Waals surface area (Å²) < 4.78 is 21.9. The van der Waals surface area contributed by atoms with Crippen molar-refractivity contribution in [2.24, 2.45) is 0 Å². The maximum Gasteiger partial charge on any atom is 0.333 e. The fourth-order valence-corrected chi connectivity index (χ4v) is 2.54. The summed E-state index contributed by atoms with van der Waals surface area (Å²) in [4.78, 5) is 11.2. The molecular weight excluding hydrogens is 266 g/mol. The Balaban J connectivity index is 3.52. The van der Waals surface area contributed by atoms with Gasteiger partial charge in [-0.05, 0) is 24.6 Å². The Bertz CT molecular complexity index is 531. The Morgan fingerprint density at radius 3 is 2.42 bits per heavy atom. The first-order valence-electron chi connectivity index (χ1n) is 5.45. The lowest BCUT2D eigenvalue weighted by Gasteiger charge is -2.34. The predicted molar refractivity (Wildman–Crippen MR) is 74.4 cm³/mol. The second-order valence-electron chi connectivity index (χ2n) is 3.78. The lowest BCUT2D eigenvalue weighted by molar-refractivity contribution is -0.133. The third kappa shape index (κ3) is 3.10. The van der Waals surface area contributed by atoms with Gasteiger partial charge < -0.3 is 5.11 Å². The lowest BCUT2D eigenvalue weighted by atomic mass is 9.97. The van der Waals surface area contributed by atoms with Crippen molar-refractivity contribution in [1.82, 2.24) is 4.31 Å². The summed E-state index contributed by atoms with van der Waals surface area (Å²) in [6.45, 7) is 8.65. The molecule has 0 aliphatic carbocycles. The SMILES string of the molecule is C=C/C=C1/C=C(C(=O)O)[C@@H](C)N(S(=O)O)/C1=C/C=C. The molecule has 1 rings (SSSR count). The number of hydrogen-bond donors (Lipinski definition) is 2. The van der Waals surface area contributed by atoms with Gasteiger partial charge in [-0.3, -0.25) is 8.86 Å². The topological polar surface area (TPSA) is 77.8 Å². The van der Waals surface area contributed by atoms with Gasteiger partial charge >= 0.3 is 5.97 Å². The van der Waals surface area contributed by atoms with Crippen LogP contribution in [0.1, 0.15) is 6.92 Å². The van der Waals surface area contributed by atoms with Crippen LogP contribution in [0, 0.1) is 0 Å². The maximum atomic E-state index is 11.5. The molecule has 2 atom stereocenters. The molecule has 0 aromatic carbocycles. The van der Waals surface area contributed by atoms with E-state index in [4.69, 9.17) is 5.11 Å². The zero-order chi connectivity index (χ0) is 14.6. The van der Waals surface area contributed by atoms with Gasteiger partial charge in [0.05, 0.1) is 17.3 Å². The van der Waals surface area contributed by atoms with Crippen molar-refractivity contribution >= 4 is 17.2 Å². The minimum atomic E-state index is -2.34. The molecule has 0 aromatic heterocycles. The summed E-state index contributed by atoms with van der Waals surface area (Å²) in [6, 6.07) is -0.725. The van der Waals surface area contributed by atoms with Crippen LogP contribution in [-0.2, 0) is 16.1 Å². The molecule has 5 nitrogen and oxygen atoms in total. The van der Waals surface area contributed by atoms with Gasteiger partial charge in [-0.25, -0.2) is 9.00 Å². The molecule has 2 N–H and O–H groups in total. The Labute approximate surface area is 114 Å². The van der Waals surface area contributed by atoms with Crippen LogP contribution in [0.25, 0.3) is 0 Å². The van der Waals surface area contributed by atoms with Gasteiger partial charge in [-0.2, -0.15) is 0 Å². The highest BCUT2D eigenvalue weighted by atomic mass is 32.2. The van der Waals surface area contributed by atoms with E-state index in [0.29, 0.717) is 11.3 Å². The summed E-state index contributed by atoms with van der Waals surface area (Å²) in [7, 11) is 0. The number of carbonyl (C=O) groups is 1. The number of aliphatic carboxylic acids is 1. The van der Waals surface area contributed by atoms with E-state index in [2.05, 4.69) is 13.2 Å². The number of hydrogen-bond acceptors (Lipinski definition) is 2. The first-order valence-corrected chi connectivity index (χ1v) is 6.51. The predicted octanol–water partition coefficient (Wildman–Crippen LogP) is 2.02. The minimum absolute atomic E-state index is 0.0386. The number of carboxylic acid groups (broad SMARTS) is 1. The van der Waals surface area contributed by atoms with Gasteiger partial charge in [0.25, 0.3) is 11.3 Å². The van der Waals surface area contributed by atoms with E-state index in [-0.39, 0.29) is 5.57 Å². The second-order valence-corrected chi connectivity index (χ2v) is 4.64. The zero-order valence-corrected chi connectivity index (χ0v) is 11.3. The highest BCUT2D eigenvalue weighted by Crippen LogP contribution is 2.31. The molecule has 1 aliphatic rings. The molecule has 102 valence electrons. The second kappa shape index (κ2) is 6.31. The highest BCUT2D eigenvalue weighted by molar-refractivity contribution is 7.76. The van der Waals surface area contributed by atoms with E-state index in [9.17, 15) is 13.6 Å². The van der Waals surface area contributed by atoms with Crippen LogP contribution in [0.2, 0.25) is 0 Å². The van der Waals surface area contributed by atoms with E-state index in [1.165, 1.54) is 18.2 Å². The molecule has 0 radical (unpaired) electrons. The van der Waals surface area contributed by atoms with Crippen LogP contribution < -0.4 is 0 Å². The maximum absolute atomic E-state index is 11.5. The van der Waals surface area contributed by atoms with Crippen molar-refractivity contribution in [3.05, 3.63) is 60.4 Å². The molecule has 0 aromatic rings. The Morgan fingerprint density at radius 2 is 2.00 bits per heavy atom. The van der Waals surface area contributed by atoms with Crippen LogP contribution >= 0.6 is 0 Å². The van der Waals surface area contributed by atoms with Gasteiger partial charge in [0.2, 0.25) is 0 Å². The molecular formula is C13H15NO4S. The summed E-state index contributed by atoms with van der Waals surface area (Å²) in [5.41, 5.74) is 0.956. The molecule has 0 saturated heterocycles. The van der Waals surface area contributed by atoms with E-state index in [1.54, 1.807) is 19.1 Å². The van der Waals surface area contributed by atoms with Crippen molar-refractivity contribution in [2.45, 2.75) is 13.0 Å². The zero-order valence-electron chi connectivity index (χ0n) is 10.4. The number of rotatable bonds is 4. The number of carboxylic acids is 1. The van der Waals surface area contributed by atoms with Gasteiger partial charge in [0.15, 0.2) is 0 Å². The van der Waals surface area contributed by atoms with Gasteiger partial charge in [-0.15, -0.1) is 0 Å². The largest absolute Gasteiger partial charge is 0.478 e. The van der Waals surface area contributed by atoms with E-state index < -0.39 is 23.3 Å². The quantitative estimate of drug-likeness (QED) is 0.773. The molecule has 0 amide bonds. The normalized spacial score (nSPS) is 25.1. The molecule has 0 bridgehead atoms. The molecule has 0 spiro atoms. The Hall–Kier alpha value is -1.92. The monoisotopic (exact) mass is 281 g/mol. The number of nitrogens with zero attached hydrogens (tertiary/aromatic N) is 1. The molecule has 0 saturated carbocycles. The molecule has 1 aliphatic heterocycles. The highest BCUT2D eigenvalue weighted by Gasteiger charge is 2.33. The first kappa shape index (κ1) is 15.1. The molecule has 1 heterocycles. The van der Waals surface area contributed by atoms with E-state index in [0.717, 1.165) is 4.31 Å². The summed E-state index contributed by atoms with van der Waals surface area (Å²) >= 11 is -2.34. The van der Waals surface area contributed by atoms with Crippen LogP contribution in [0.4, 0.5) is 0 Å². The summed E-state index contributed by atoms with van der Waals surface area (Å²) in [5.74, 6) is -1.13. The van der Waals surface area contributed by atoms with Crippen LogP contribution in [-0.4, -0.2) is 30.2 Å². The molecule has 19 heavy (non-hydrogen) atoms. The lowest BCUT2D eigenvalue weighted by Crippen LogP contribution is -2.40. The van der Waals surface area contributed by atoms with Gasteiger partial charge in [0, 0.05) is 0 Å². The summed E-state index contributed by atoms with van der Waals surface area (Å²) in [5, 5.41) is 9.14. The Kier molecular flexibility index (Phi) is 5.02. The van der Waals surface area contributed by atoms with Gasteiger partial charge in [0.1, 0.15) is 0 Å². The van der Waals surface area contributed by atoms with E-state index in [1.807, 2.05) is 0 Å². The van der Waals surface area contributed by atoms with E-state index >= 15 is 0 Å². The van der Waals surface area contributed by atoms with Crippen LogP contribution in [0.3, 0.4) is 0 Å². The van der Waals surface area contributed by atoms with Crippen molar-refractivity contribution in [2.75, 3.05) is 0 Å². The fraction of sp³-hybridized carbons (Fsp3) is 0.154. The third-order valence-corrected chi connectivity index (χ3v) is 3.48. The molecule has 6 heteroatoms. The third-order valence-electron chi connectivity index (χ3n) is 2.63. The Morgan fingerprint density at radius 1 is 1.42 bits per heavy atom. The van der Waals surface area contributed by atoms with Crippen molar-refractivity contribution < 1.29 is 18.7 Å². The number of allylic oxidation sites excluding steroid dienone is 5. The average molecular weight is 281 g/mol.